The van der Waals surface area contributed by atoms with Crippen LogP contribution >= 0.6 is 0 Å². The van der Waals surface area contributed by atoms with Gasteiger partial charge in [-0.25, -0.2) is 4.79 Å². The number of ether oxygens (including phenoxy) is 2. The second kappa shape index (κ2) is 6.55. The topological polar surface area (TPSA) is 66.4 Å². The third-order valence-electron chi connectivity index (χ3n) is 4.08. The summed E-state index contributed by atoms with van der Waals surface area (Å²) in [5.41, 5.74) is -0.697. The van der Waals surface area contributed by atoms with Crippen LogP contribution in [0.5, 0.6) is 0 Å². The Kier molecular flexibility index (Phi) is 5.08. The van der Waals surface area contributed by atoms with E-state index in [0.29, 0.717) is 26.2 Å². The van der Waals surface area contributed by atoms with Crippen molar-refractivity contribution in [1.29, 1.82) is 0 Å². The van der Waals surface area contributed by atoms with E-state index >= 15 is 0 Å². The van der Waals surface area contributed by atoms with Crippen LogP contribution in [0.1, 0.15) is 34.6 Å². The van der Waals surface area contributed by atoms with E-state index in [2.05, 4.69) is 15.2 Å². The molecule has 7 heteroatoms. The molecule has 0 aromatic rings. The standard InChI is InChI=1S/C16H30N4O3/c1-15(2,3)23-14(21)19-7-8-20-12(10-19)9-17-13(20)18-11-16(4,5)22-6/h12H,7-11H2,1-6H3,(H,17,18). The van der Waals surface area contributed by atoms with Gasteiger partial charge in [0.05, 0.1) is 18.2 Å². The van der Waals surface area contributed by atoms with E-state index in [1.807, 2.05) is 34.6 Å². The summed E-state index contributed by atoms with van der Waals surface area (Å²) in [5, 5.41) is 3.37. The lowest BCUT2D eigenvalue weighted by atomic mass is 10.1. The molecule has 2 aliphatic heterocycles. The minimum Gasteiger partial charge on any atom is -0.444 e. The molecule has 1 N–H and O–H groups in total. The lowest BCUT2D eigenvalue weighted by Crippen LogP contribution is -2.58. The van der Waals surface area contributed by atoms with Crippen LogP contribution in [0.25, 0.3) is 0 Å². The molecule has 23 heavy (non-hydrogen) atoms. The second-order valence-corrected chi connectivity index (χ2v) is 7.76. The van der Waals surface area contributed by atoms with E-state index in [-0.39, 0.29) is 17.7 Å². The molecular weight excluding hydrogens is 296 g/mol. The van der Waals surface area contributed by atoms with Crippen LogP contribution in [0.2, 0.25) is 0 Å². The quantitative estimate of drug-likeness (QED) is 0.846. The van der Waals surface area contributed by atoms with Crippen molar-refractivity contribution in [2.75, 3.05) is 39.8 Å². The molecule has 1 fully saturated rings. The third-order valence-corrected chi connectivity index (χ3v) is 4.08. The molecule has 0 bridgehead atoms. The SMILES string of the molecule is COC(C)(C)CNC1=NCC2CN(C(=O)OC(C)(C)C)CCN12. The van der Waals surface area contributed by atoms with Gasteiger partial charge in [-0.05, 0) is 34.6 Å². The molecule has 0 aliphatic carbocycles. The first-order valence-corrected chi connectivity index (χ1v) is 8.19. The maximum atomic E-state index is 12.2. The predicted molar refractivity (Wildman–Crippen MR) is 89.7 cm³/mol. The number of piperazine rings is 1. The smallest absolute Gasteiger partial charge is 0.410 e. The van der Waals surface area contributed by atoms with Crippen molar-refractivity contribution in [3.63, 3.8) is 0 Å². The fourth-order valence-electron chi connectivity index (χ4n) is 2.59. The number of carbonyl (C=O) groups excluding carboxylic acids is 1. The van der Waals surface area contributed by atoms with Crippen molar-refractivity contribution in [2.45, 2.75) is 51.9 Å². The third kappa shape index (κ3) is 4.73. The Hall–Kier alpha value is -1.50. The normalized spacial score (nSPS) is 21.8. The molecule has 2 aliphatic rings. The van der Waals surface area contributed by atoms with Gasteiger partial charge in [0.25, 0.3) is 0 Å². The fourth-order valence-corrected chi connectivity index (χ4v) is 2.59. The Morgan fingerprint density at radius 1 is 1.30 bits per heavy atom. The average molecular weight is 326 g/mol. The predicted octanol–water partition coefficient (Wildman–Crippen LogP) is 1.29. The lowest BCUT2D eigenvalue weighted by Gasteiger charge is -2.39. The summed E-state index contributed by atoms with van der Waals surface area (Å²) in [6.07, 6.45) is -0.237. The molecule has 2 heterocycles. The highest BCUT2D eigenvalue weighted by atomic mass is 16.6. The van der Waals surface area contributed by atoms with Crippen molar-refractivity contribution < 1.29 is 14.3 Å². The van der Waals surface area contributed by atoms with Crippen molar-refractivity contribution in [1.82, 2.24) is 15.1 Å². The number of aliphatic imine (C=N–C) groups is 1. The number of hydrogen-bond acceptors (Lipinski definition) is 6. The number of fused-ring (bicyclic) bond motifs is 1. The maximum Gasteiger partial charge on any atom is 0.410 e. The van der Waals surface area contributed by atoms with Gasteiger partial charge < -0.3 is 24.6 Å². The highest BCUT2D eigenvalue weighted by Gasteiger charge is 2.36. The summed E-state index contributed by atoms with van der Waals surface area (Å²) in [7, 11) is 1.71. The minimum atomic E-state index is -0.459. The number of hydrogen-bond donors (Lipinski definition) is 1. The van der Waals surface area contributed by atoms with E-state index < -0.39 is 5.60 Å². The Morgan fingerprint density at radius 3 is 2.61 bits per heavy atom. The van der Waals surface area contributed by atoms with Gasteiger partial charge in [-0.2, -0.15) is 0 Å². The molecule has 0 aromatic carbocycles. The molecule has 0 spiro atoms. The lowest BCUT2D eigenvalue weighted by molar-refractivity contribution is 0.0132. The number of amides is 1. The summed E-state index contributed by atoms with van der Waals surface area (Å²) >= 11 is 0. The molecule has 1 atom stereocenters. The van der Waals surface area contributed by atoms with Crippen LogP contribution in [0.15, 0.2) is 4.99 Å². The Balaban J connectivity index is 1.86. The second-order valence-electron chi connectivity index (χ2n) is 7.76. The van der Waals surface area contributed by atoms with E-state index in [9.17, 15) is 4.79 Å². The van der Waals surface area contributed by atoms with Crippen molar-refractivity contribution >= 4 is 12.1 Å². The number of methoxy groups -OCH3 is 1. The fraction of sp³-hybridized carbons (Fsp3) is 0.875. The van der Waals surface area contributed by atoms with Crippen LogP contribution in [0.3, 0.4) is 0 Å². The van der Waals surface area contributed by atoms with Gasteiger partial charge in [0.1, 0.15) is 5.60 Å². The highest BCUT2D eigenvalue weighted by Crippen LogP contribution is 2.19. The first kappa shape index (κ1) is 17.8. The van der Waals surface area contributed by atoms with Crippen molar-refractivity contribution in [2.24, 2.45) is 4.99 Å². The van der Waals surface area contributed by atoms with Crippen LogP contribution in [-0.4, -0.2) is 78.9 Å². The number of nitrogens with zero attached hydrogens (tertiary/aromatic N) is 3. The van der Waals surface area contributed by atoms with Crippen LogP contribution in [0, 0.1) is 0 Å². The zero-order valence-corrected chi connectivity index (χ0v) is 15.2. The average Bonchev–Trinajstić information content (AvgIpc) is 2.85. The number of guanidine groups is 1. The number of rotatable bonds is 3. The molecule has 1 saturated heterocycles. The Labute approximate surface area is 139 Å². The van der Waals surface area contributed by atoms with Crippen molar-refractivity contribution in [3.05, 3.63) is 0 Å². The minimum absolute atomic E-state index is 0.226. The van der Waals surface area contributed by atoms with Gasteiger partial charge in [0.2, 0.25) is 0 Å². The summed E-state index contributed by atoms with van der Waals surface area (Å²) in [6, 6.07) is 0.226. The van der Waals surface area contributed by atoms with Gasteiger partial charge in [0.15, 0.2) is 5.96 Å². The summed E-state index contributed by atoms with van der Waals surface area (Å²) in [4.78, 5) is 20.8. The van der Waals surface area contributed by atoms with E-state index in [0.717, 1.165) is 12.5 Å². The molecule has 7 nitrogen and oxygen atoms in total. The Morgan fingerprint density at radius 2 is 2.00 bits per heavy atom. The van der Waals surface area contributed by atoms with Crippen LogP contribution in [-0.2, 0) is 9.47 Å². The molecule has 132 valence electrons. The van der Waals surface area contributed by atoms with E-state index in [1.54, 1.807) is 12.0 Å². The largest absolute Gasteiger partial charge is 0.444 e. The van der Waals surface area contributed by atoms with Gasteiger partial charge in [-0.3, -0.25) is 4.99 Å². The summed E-state index contributed by atoms with van der Waals surface area (Å²) in [6.45, 7) is 13.2. The maximum absolute atomic E-state index is 12.2. The van der Waals surface area contributed by atoms with Crippen LogP contribution < -0.4 is 5.32 Å². The molecule has 0 saturated carbocycles. The molecule has 0 radical (unpaired) electrons. The molecule has 1 amide bonds. The highest BCUT2D eigenvalue weighted by molar-refractivity contribution is 5.82. The zero-order valence-electron chi connectivity index (χ0n) is 15.2. The van der Waals surface area contributed by atoms with E-state index in [1.165, 1.54) is 0 Å². The first-order valence-electron chi connectivity index (χ1n) is 8.19. The van der Waals surface area contributed by atoms with Gasteiger partial charge in [-0.1, -0.05) is 0 Å². The molecule has 1 unspecified atom stereocenters. The van der Waals surface area contributed by atoms with Gasteiger partial charge in [0, 0.05) is 33.3 Å². The Bertz CT molecular complexity index is 470. The molecule has 2 rings (SSSR count). The van der Waals surface area contributed by atoms with Gasteiger partial charge >= 0.3 is 6.09 Å². The number of nitrogens with one attached hydrogen (secondary N) is 1. The first-order chi connectivity index (χ1) is 10.6. The molecule has 0 aromatic heterocycles. The zero-order chi connectivity index (χ0) is 17.3. The molecular formula is C16H30N4O3. The summed E-state index contributed by atoms with van der Waals surface area (Å²) in [5.74, 6) is 0.906. The monoisotopic (exact) mass is 326 g/mol. The van der Waals surface area contributed by atoms with Crippen LogP contribution in [0.4, 0.5) is 4.79 Å². The van der Waals surface area contributed by atoms with Gasteiger partial charge in [-0.15, -0.1) is 0 Å². The summed E-state index contributed by atoms with van der Waals surface area (Å²) < 4.78 is 10.9. The van der Waals surface area contributed by atoms with Crippen molar-refractivity contribution in [3.8, 4) is 0 Å². The van der Waals surface area contributed by atoms with E-state index in [4.69, 9.17) is 9.47 Å². The number of carbonyl (C=O) groups is 1.